The molecule has 2 rings (SSSR count). The highest BCUT2D eigenvalue weighted by molar-refractivity contribution is 5.96. The van der Waals surface area contributed by atoms with Crippen LogP contribution >= 0.6 is 0 Å². The standard InChI is InChI=1S/C9H13NO2/c1-7-6-9(12)4-2-3-5-10(9)8(7)11/h6,12H,2-5H2,1H3/t9-/m1/s1. The fraction of sp³-hybridized carbons (Fsp3) is 0.667. The summed E-state index contributed by atoms with van der Waals surface area (Å²) in [6, 6.07) is 0. The molecule has 0 aromatic heterocycles. The number of carbonyl (C=O) groups is 1. The zero-order valence-corrected chi connectivity index (χ0v) is 7.21. The molecule has 2 aliphatic rings. The SMILES string of the molecule is CC1=C[C@]2(O)CCCCN2C1=O. The minimum atomic E-state index is -0.945. The summed E-state index contributed by atoms with van der Waals surface area (Å²) in [4.78, 5) is 13.0. The quantitative estimate of drug-likeness (QED) is 0.575. The molecule has 0 bridgehead atoms. The number of hydrogen-bond acceptors (Lipinski definition) is 2. The van der Waals surface area contributed by atoms with Gasteiger partial charge in [0.1, 0.15) is 0 Å². The number of amides is 1. The van der Waals surface area contributed by atoms with Gasteiger partial charge in [0.05, 0.1) is 0 Å². The Bertz CT molecular complexity index is 259. The Labute approximate surface area is 71.7 Å². The van der Waals surface area contributed by atoms with Gasteiger partial charge in [-0.15, -0.1) is 0 Å². The van der Waals surface area contributed by atoms with Crippen LogP contribution in [0, 0.1) is 0 Å². The average molecular weight is 167 g/mol. The van der Waals surface area contributed by atoms with E-state index >= 15 is 0 Å². The average Bonchev–Trinajstić information content (AvgIpc) is 2.24. The van der Waals surface area contributed by atoms with E-state index in [4.69, 9.17) is 0 Å². The monoisotopic (exact) mass is 167 g/mol. The Balaban J connectivity index is 2.33. The van der Waals surface area contributed by atoms with Crippen LogP contribution in [0.3, 0.4) is 0 Å². The Morgan fingerprint density at radius 1 is 1.58 bits per heavy atom. The van der Waals surface area contributed by atoms with Crippen molar-refractivity contribution in [3.8, 4) is 0 Å². The first-order chi connectivity index (χ1) is 5.63. The number of nitrogens with zero attached hydrogens (tertiary/aromatic N) is 1. The van der Waals surface area contributed by atoms with Gasteiger partial charge >= 0.3 is 0 Å². The molecule has 0 aromatic carbocycles. The lowest BCUT2D eigenvalue weighted by Crippen LogP contribution is -2.49. The lowest BCUT2D eigenvalue weighted by molar-refractivity contribution is -0.146. The van der Waals surface area contributed by atoms with Gasteiger partial charge in [0.15, 0.2) is 5.72 Å². The molecule has 3 nitrogen and oxygen atoms in total. The molecule has 3 heteroatoms. The summed E-state index contributed by atoms with van der Waals surface area (Å²) < 4.78 is 0. The van der Waals surface area contributed by atoms with Gasteiger partial charge < -0.3 is 10.0 Å². The summed E-state index contributed by atoms with van der Waals surface area (Å²) in [6.45, 7) is 2.46. The molecule has 2 aliphatic heterocycles. The largest absolute Gasteiger partial charge is 0.367 e. The second-order valence-electron chi connectivity index (χ2n) is 3.62. The van der Waals surface area contributed by atoms with E-state index in [0.717, 1.165) is 12.8 Å². The van der Waals surface area contributed by atoms with Crippen LogP contribution in [0.4, 0.5) is 0 Å². The van der Waals surface area contributed by atoms with E-state index in [1.54, 1.807) is 17.9 Å². The summed E-state index contributed by atoms with van der Waals surface area (Å²) in [5.74, 6) is -0.00259. The molecule has 0 unspecified atom stereocenters. The molecular formula is C9H13NO2. The number of piperidine rings is 1. The number of carbonyl (C=O) groups excluding carboxylic acids is 1. The molecule has 0 saturated carbocycles. The highest BCUT2D eigenvalue weighted by atomic mass is 16.3. The molecule has 2 heterocycles. The number of hydrogen-bond donors (Lipinski definition) is 1. The van der Waals surface area contributed by atoms with Gasteiger partial charge in [0.25, 0.3) is 5.91 Å². The van der Waals surface area contributed by atoms with Gasteiger partial charge in [0.2, 0.25) is 0 Å². The van der Waals surface area contributed by atoms with Gasteiger partial charge in [-0.3, -0.25) is 4.79 Å². The van der Waals surface area contributed by atoms with Crippen LogP contribution in [0.5, 0.6) is 0 Å². The fourth-order valence-electron chi connectivity index (χ4n) is 2.03. The first-order valence-electron chi connectivity index (χ1n) is 4.37. The maximum atomic E-state index is 11.4. The smallest absolute Gasteiger partial charge is 0.251 e. The van der Waals surface area contributed by atoms with Crippen LogP contribution in [-0.2, 0) is 4.79 Å². The third-order valence-corrected chi connectivity index (χ3v) is 2.67. The number of fused-ring (bicyclic) bond motifs is 1. The highest BCUT2D eigenvalue weighted by Crippen LogP contribution is 2.33. The Morgan fingerprint density at radius 3 is 3.00 bits per heavy atom. The van der Waals surface area contributed by atoms with E-state index in [1.165, 1.54) is 0 Å². The topological polar surface area (TPSA) is 40.5 Å². The maximum Gasteiger partial charge on any atom is 0.251 e. The molecule has 0 aromatic rings. The van der Waals surface area contributed by atoms with Gasteiger partial charge in [-0.25, -0.2) is 0 Å². The summed E-state index contributed by atoms with van der Waals surface area (Å²) >= 11 is 0. The van der Waals surface area contributed by atoms with Crippen molar-refractivity contribution in [2.75, 3.05) is 6.54 Å². The van der Waals surface area contributed by atoms with E-state index in [2.05, 4.69) is 0 Å². The third kappa shape index (κ3) is 0.894. The second-order valence-corrected chi connectivity index (χ2v) is 3.62. The molecule has 0 spiro atoms. The Morgan fingerprint density at radius 2 is 2.33 bits per heavy atom. The Hall–Kier alpha value is -0.830. The minimum Gasteiger partial charge on any atom is -0.367 e. The van der Waals surface area contributed by atoms with Crippen molar-refractivity contribution in [2.45, 2.75) is 31.9 Å². The van der Waals surface area contributed by atoms with E-state index in [9.17, 15) is 9.90 Å². The van der Waals surface area contributed by atoms with Crippen molar-refractivity contribution < 1.29 is 9.90 Å². The first-order valence-corrected chi connectivity index (χ1v) is 4.37. The molecule has 1 fully saturated rings. The van der Waals surface area contributed by atoms with E-state index < -0.39 is 5.72 Å². The fourth-order valence-corrected chi connectivity index (χ4v) is 2.03. The predicted molar refractivity (Wildman–Crippen MR) is 44.3 cm³/mol. The second kappa shape index (κ2) is 2.33. The number of aliphatic hydroxyl groups is 1. The first kappa shape index (κ1) is 7.80. The van der Waals surface area contributed by atoms with Crippen LogP contribution in [-0.4, -0.2) is 28.2 Å². The molecule has 1 amide bonds. The van der Waals surface area contributed by atoms with Crippen LogP contribution in [0.25, 0.3) is 0 Å². The van der Waals surface area contributed by atoms with Crippen molar-refractivity contribution in [1.82, 2.24) is 4.90 Å². The van der Waals surface area contributed by atoms with Gasteiger partial charge in [-0.1, -0.05) is 0 Å². The van der Waals surface area contributed by atoms with Crippen molar-refractivity contribution in [3.63, 3.8) is 0 Å². The van der Waals surface area contributed by atoms with Crippen molar-refractivity contribution in [2.24, 2.45) is 0 Å². The molecular weight excluding hydrogens is 154 g/mol. The van der Waals surface area contributed by atoms with Crippen molar-refractivity contribution >= 4 is 5.91 Å². The molecule has 0 aliphatic carbocycles. The third-order valence-electron chi connectivity index (χ3n) is 2.67. The molecule has 0 radical (unpaired) electrons. The van der Waals surface area contributed by atoms with Gasteiger partial charge in [-0.05, 0) is 32.3 Å². The zero-order chi connectivity index (χ0) is 8.77. The highest BCUT2D eigenvalue weighted by Gasteiger charge is 2.43. The van der Waals surface area contributed by atoms with E-state index in [-0.39, 0.29) is 5.91 Å². The molecule has 1 atom stereocenters. The summed E-state index contributed by atoms with van der Waals surface area (Å²) in [6.07, 6.45) is 4.39. The van der Waals surface area contributed by atoms with Crippen LogP contribution in [0.2, 0.25) is 0 Å². The Kier molecular flexibility index (Phi) is 1.51. The molecule has 12 heavy (non-hydrogen) atoms. The molecule has 66 valence electrons. The summed E-state index contributed by atoms with van der Waals surface area (Å²) in [5, 5.41) is 9.98. The minimum absolute atomic E-state index is 0.00259. The van der Waals surface area contributed by atoms with Crippen molar-refractivity contribution in [1.29, 1.82) is 0 Å². The zero-order valence-electron chi connectivity index (χ0n) is 7.21. The summed E-state index contributed by atoms with van der Waals surface area (Å²) in [5.41, 5.74) is -0.265. The lowest BCUT2D eigenvalue weighted by Gasteiger charge is -2.37. The van der Waals surface area contributed by atoms with E-state index in [0.29, 0.717) is 18.5 Å². The number of rotatable bonds is 0. The maximum absolute atomic E-state index is 11.4. The van der Waals surface area contributed by atoms with Crippen LogP contribution in [0.1, 0.15) is 26.2 Å². The molecule has 1 N–H and O–H groups in total. The van der Waals surface area contributed by atoms with E-state index in [1.807, 2.05) is 0 Å². The van der Waals surface area contributed by atoms with Gasteiger partial charge in [0, 0.05) is 12.1 Å². The van der Waals surface area contributed by atoms with Gasteiger partial charge in [-0.2, -0.15) is 0 Å². The van der Waals surface area contributed by atoms with Crippen molar-refractivity contribution in [3.05, 3.63) is 11.6 Å². The van der Waals surface area contributed by atoms with Crippen LogP contribution < -0.4 is 0 Å². The molecule has 1 saturated heterocycles. The predicted octanol–water partition coefficient (Wildman–Crippen LogP) is 0.647. The van der Waals surface area contributed by atoms with Crippen LogP contribution in [0.15, 0.2) is 11.6 Å². The summed E-state index contributed by atoms with van der Waals surface area (Å²) in [7, 11) is 0. The lowest BCUT2D eigenvalue weighted by atomic mass is 10.0. The normalized spacial score (nSPS) is 35.0.